The Hall–Kier alpha value is -4.92. The molecule has 2 aromatic carbocycles. The van der Waals surface area contributed by atoms with E-state index in [1.807, 2.05) is 67.6 Å². The first-order valence-corrected chi connectivity index (χ1v) is 11.0. The molecule has 0 atom stereocenters. The monoisotopic (exact) mass is 462 g/mol. The predicted octanol–water partition coefficient (Wildman–Crippen LogP) is 3.61. The van der Waals surface area contributed by atoms with Crippen molar-refractivity contribution in [3.63, 3.8) is 0 Å². The molecule has 0 aliphatic heterocycles. The number of hydrogen-bond acceptors (Lipinski definition) is 7. The Kier molecular flexibility index (Phi) is 5.96. The van der Waals surface area contributed by atoms with E-state index in [0.29, 0.717) is 41.0 Å². The number of amides is 1. The number of anilines is 1. The van der Waals surface area contributed by atoms with Crippen LogP contribution in [0.4, 0.5) is 5.82 Å². The van der Waals surface area contributed by atoms with Gasteiger partial charge in [-0.25, -0.2) is 19.9 Å². The van der Waals surface area contributed by atoms with Gasteiger partial charge in [-0.15, -0.1) is 5.10 Å². The number of carbonyl (C=O) groups is 1. The summed E-state index contributed by atoms with van der Waals surface area (Å²) in [5.41, 5.74) is 9.32. The zero-order valence-electron chi connectivity index (χ0n) is 19.0. The number of hydrogen-bond donors (Lipinski definition) is 2. The Morgan fingerprint density at radius 3 is 2.60 bits per heavy atom. The van der Waals surface area contributed by atoms with Crippen molar-refractivity contribution in [1.29, 1.82) is 0 Å². The highest BCUT2D eigenvalue weighted by Crippen LogP contribution is 2.25. The number of aryl methyl sites for hydroxylation is 1. The Morgan fingerprint density at radius 1 is 0.971 bits per heavy atom. The number of carbonyl (C=O) groups excluding carboxylic acids is 1. The lowest BCUT2D eigenvalue weighted by molar-refractivity contribution is 0.0951. The first kappa shape index (κ1) is 21.9. The van der Waals surface area contributed by atoms with E-state index in [9.17, 15) is 4.79 Å². The van der Waals surface area contributed by atoms with Crippen LogP contribution in [0.25, 0.3) is 28.6 Å². The summed E-state index contributed by atoms with van der Waals surface area (Å²) in [5.74, 6) is 1.66. The molecule has 0 unspecified atom stereocenters. The smallest absolute Gasteiger partial charge is 0.251 e. The van der Waals surface area contributed by atoms with Gasteiger partial charge < -0.3 is 11.1 Å². The lowest BCUT2D eigenvalue weighted by atomic mass is 10.1. The van der Waals surface area contributed by atoms with Crippen molar-refractivity contribution in [2.75, 3.05) is 5.73 Å². The van der Waals surface area contributed by atoms with E-state index in [2.05, 4.69) is 30.4 Å². The second-order valence-electron chi connectivity index (χ2n) is 7.82. The number of rotatable bonds is 6. The number of nitrogens with zero attached hydrogens (tertiary/aromatic N) is 6. The molecule has 0 aliphatic rings. The molecule has 1 amide bonds. The molecule has 0 fully saturated rings. The summed E-state index contributed by atoms with van der Waals surface area (Å²) in [6.07, 6.45) is 3.26. The molecule has 9 heteroatoms. The molecular formula is C26H22N8O. The van der Waals surface area contributed by atoms with E-state index in [0.717, 1.165) is 11.1 Å². The van der Waals surface area contributed by atoms with E-state index in [-0.39, 0.29) is 11.7 Å². The van der Waals surface area contributed by atoms with Crippen LogP contribution in [-0.2, 0) is 6.54 Å². The van der Waals surface area contributed by atoms with Gasteiger partial charge in [-0.2, -0.15) is 4.68 Å². The summed E-state index contributed by atoms with van der Waals surface area (Å²) in [6.45, 7) is 2.27. The second kappa shape index (κ2) is 9.52. The third-order valence-electron chi connectivity index (χ3n) is 5.36. The molecule has 3 heterocycles. The Morgan fingerprint density at radius 2 is 1.80 bits per heavy atom. The molecule has 0 saturated heterocycles. The Balaban J connectivity index is 1.42. The molecule has 0 saturated carbocycles. The third kappa shape index (κ3) is 4.74. The standard InChI is InChI=1S/C26H22N8O/c1-17-31-25(33-34(17)22-12-5-6-13-28-22)23-24(27)29-16-21(32-23)19-10-7-11-20(14-19)26(35)30-15-18-8-3-2-4-9-18/h2-14,16H,15H2,1H3,(H2,27,29)(H,30,35). The number of nitrogens with one attached hydrogen (secondary N) is 1. The van der Waals surface area contributed by atoms with Crippen LogP contribution < -0.4 is 11.1 Å². The van der Waals surface area contributed by atoms with Crippen molar-refractivity contribution < 1.29 is 4.79 Å². The first-order valence-electron chi connectivity index (χ1n) is 11.0. The van der Waals surface area contributed by atoms with Crippen molar-refractivity contribution in [3.8, 4) is 28.6 Å². The van der Waals surface area contributed by atoms with E-state index in [4.69, 9.17) is 5.73 Å². The number of aromatic nitrogens is 6. The fraction of sp³-hybridized carbons (Fsp3) is 0.0769. The average Bonchev–Trinajstić information content (AvgIpc) is 3.30. The van der Waals surface area contributed by atoms with Crippen LogP contribution in [-0.4, -0.2) is 35.6 Å². The molecule has 172 valence electrons. The van der Waals surface area contributed by atoms with Crippen LogP contribution in [0.2, 0.25) is 0 Å². The summed E-state index contributed by atoms with van der Waals surface area (Å²) in [7, 11) is 0. The fourth-order valence-electron chi connectivity index (χ4n) is 3.59. The quantitative estimate of drug-likeness (QED) is 0.395. The van der Waals surface area contributed by atoms with E-state index < -0.39 is 0 Å². The van der Waals surface area contributed by atoms with Crippen LogP contribution in [0.3, 0.4) is 0 Å². The number of benzene rings is 2. The zero-order valence-corrected chi connectivity index (χ0v) is 19.0. The third-order valence-corrected chi connectivity index (χ3v) is 5.36. The predicted molar refractivity (Wildman–Crippen MR) is 132 cm³/mol. The van der Waals surface area contributed by atoms with E-state index >= 15 is 0 Å². The van der Waals surface area contributed by atoms with E-state index in [1.54, 1.807) is 29.2 Å². The molecule has 3 N–H and O–H groups in total. The largest absolute Gasteiger partial charge is 0.382 e. The molecule has 5 rings (SSSR count). The normalized spacial score (nSPS) is 10.8. The summed E-state index contributed by atoms with van der Waals surface area (Å²) in [5, 5.41) is 7.48. The summed E-state index contributed by atoms with van der Waals surface area (Å²) in [4.78, 5) is 30.5. The van der Waals surface area contributed by atoms with Gasteiger partial charge in [0.2, 0.25) is 5.82 Å². The number of nitrogens with two attached hydrogens (primary N) is 1. The lowest BCUT2D eigenvalue weighted by Gasteiger charge is -2.08. The van der Waals surface area contributed by atoms with Crippen LogP contribution in [0, 0.1) is 6.92 Å². The van der Waals surface area contributed by atoms with Gasteiger partial charge in [0.25, 0.3) is 5.91 Å². The maximum absolute atomic E-state index is 12.7. The Bertz CT molecular complexity index is 1480. The van der Waals surface area contributed by atoms with Gasteiger partial charge in [0.15, 0.2) is 17.3 Å². The average molecular weight is 463 g/mol. The molecule has 35 heavy (non-hydrogen) atoms. The van der Waals surface area contributed by atoms with Gasteiger partial charge >= 0.3 is 0 Å². The van der Waals surface area contributed by atoms with Crippen molar-refractivity contribution in [2.45, 2.75) is 13.5 Å². The molecular weight excluding hydrogens is 440 g/mol. The first-order chi connectivity index (χ1) is 17.1. The van der Waals surface area contributed by atoms with Crippen molar-refractivity contribution in [2.24, 2.45) is 0 Å². The minimum atomic E-state index is -0.175. The molecule has 0 aliphatic carbocycles. The summed E-state index contributed by atoms with van der Waals surface area (Å²) >= 11 is 0. The highest BCUT2D eigenvalue weighted by molar-refractivity contribution is 5.95. The zero-order chi connectivity index (χ0) is 24.2. The molecule has 0 radical (unpaired) electrons. The van der Waals surface area contributed by atoms with Gasteiger partial charge in [0, 0.05) is 23.9 Å². The van der Waals surface area contributed by atoms with Crippen molar-refractivity contribution in [3.05, 3.63) is 102 Å². The minimum Gasteiger partial charge on any atom is -0.382 e. The molecule has 5 aromatic rings. The molecule has 0 spiro atoms. The van der Waals surface area contributed by atoms with E-state index in [1.165, 1.54) is 0 Å². The molecule has 3 aromatic heterocycles. The second-order valence-corrected chi connectivity index (χ2v) is 7.82. The SMILES string of the molecule is Cc1nc(-c2nc(-c3cccc(C(=O)NCc4ccccc4)c3)cnc2N)nn1-c1ccccn1. The van der Waals surface area contributed by atoms with Crippen molar-refractivity contribution in [1.82, 2.24) is 35.0 Å². The summed E-state index contributed by atoms with van der Waals surface area (Å²) < 4.78 is 1.63. The fourth-order valence-corrected chi connectivity index (χ4v) is 3.59. The molecule has 9 nitrogen and oxygen atoms in total. The van der Waals surface area contributed by atoms with Gasteiger partial charge in [-0.1, -0.05) is 48.5 Å². The van der Waals surface area contributed by atoms with Gasteiger partial charge in [0.05, 0.1) is 11.9 Å². The maximum Gasteiger partial charge on any atom is 0.251 e. The minimum absolute atomic E-state index is 0.175. The lowest BCUT2D eigenvalue weighted by Crippen LogP contribution is -2.22. The van der Waals surface area contributed by atoms with Crippen LogP contribution in [0.1, 0.15) is 21.7 Å². The van der Waals surface area contributed by atoms with Gasteiger partial charge in [-0.05, 0) is 36.8 Å². The van der Waals surface area contributed by atoms with Crippen LogP contribution in [0.15, 0.2) is 85.2 Å². The van der Waals surface area contributed by atoms with Crippen LogP contribution >= 0.6 is 0 Å². The highest BCUT2D eigenvalue weighted by atomic mass is 16.1. The number of pyridine rings is 1. The molecule has 0 bridgehead atoms. The Labute approximate surface area is 201 Å². The van der Waals surface area contributed by atoms with Gasteiger partial charge in [-0.3, -0.25) is 4.79 Å². The van der Waals surface area contributed by atoms with Gasteiger partial charge in [0.1, 0.15) is 5.82 Å². The topological polar surface area (TPSA) is 125 Å². The summed E-state index contributed by atoms with van der Waals surface area (Å²) in [6, 6.07) is 22.5. The highest BCUT2D eigenvalue weighted by Gasteiger charge is 2.17. The van der Waals surface area contributed by atoms with Crippen LogP contribution in [0.5, 0.6) is 0 Å². The van der Waals surface area contributed by atoms with Crippen molar-refractivity contribution >= 4 is 11.7 Å². The maximum atomic E-state index is 12.7. The number of nitrogen functional groups attached to an aromatic ring is 1.